The van der Waals surface area contributed by atoms with E-state index in [0.717, 1.165) is 70.0 Å². The first-order valence-corrected chi connectivity index (χ1v) is 17.2. The molecule has 238 valence electrons. The molecule has 0 bridgehead atoms. The molecule has 4 rings (SSSR count). The predicted octanol–water partition coefficient (Wildman–Crippen LogP) is 8.76. The first-order valence-electron chi connectivity index (χ1n) is 15.7. The van der Waals surface area contributed by atoms with E-state index in [2.05, 4.69) is 37.3 Å². The van der Waals surface area contributed by atoms with Gasteiger partial charge in [-0.15, -0.1) is 0 Å². The third kappa shape index (κ3) is 7.59. The van der Waals surface area contributed by atoms with Crippen molar-refractivity contribution in [2.24, 2.45) is 23.2 Å². The molecule has 0 radical (unpaired) electrons. The molecule has 3 aliphatic rings. The van der Waals surface area contributed by atoms with Crippen molar-refractivity contribution in [2.75, 3.05) is 18.6 Å². The zero-order chi connectivity index (χ0) is 30.5. The number of fused-ring (bicyclic) bond motifs is 5. The smallest absolute Gasteiger partial charge is 0.453 e. The minimum absolute atomic E-state index is 0.0188. The van der Waals surface area contributed by atoms with Gasteiger partial charge in [0.1, 0.15) is 5.75 Å². The maximum Gasteiger partial charge on any atom is 0.453 e. The third-order valence-corrected chi connectivity index (χ3v) is 11.9. The van der Waals surface area contributed by atoms with Crippen LogP contribution in [0.25, 0.3) is 0 Å². The Balaban J connectivity index is 1.20. The average molecular weight is 619 g/mol. The highest BCUT2D eigenvalue weighted by atomic mass is 32.2. The van der Waals surface area contributed by atoms with Crippen molar-refractivity contribution >= 4 is 10.8 Å². The number of hydrogen-bond acceptors (Lipinski definition) is 3. The molecular formula is C33H47F5O3S. The fraction of sp³-hybridized carbons (Fsp3) is 0.758. The first kappa shape index (κ1) is 33.4. The van der Waals surface area contributed by atoms with Crippen LogP contribution in [0.2, 0.25) is 0 Å². The third-order valence-electron chi connectivity index (χ3n) is 10.4. The largest absolute Gasteiger partial charge is 0.497 e. The van der Waals surface area contributed by atoms with Crippen LogP contribution in [0.15, 0.2) is 30.4 Å². The summed E-state index contributed by atoms with van der Waals surface area (Å²) in [7, 11) is 0.352. The lowest BCUT2D eigenvalue weighted by molar-refractivity contribution is -0.284. The van der Waals surface area contributed by atoms with Gasteiger partial charge in [-0.3, -0.25) is 4.21 Å². The van der Waals surface area contributed by atoms with Crippen LogP contribution in [0.3, 0.4) is 0 Å². The van der Waals surface area contributed by atoms with Crippen LogP contribution in [0, 0.1) is 23.2 Å². The lowest BCUT2D eigenvalue weighted by Crippen LogP contribution is -2.47. The quantitative estimate of drug-likeness (QED) is 0.129. The molecule has 0 aromatic heterocycles. The van der Waals surface area contributed by atoms with Crippen molar-refractivity contribution in [3.05, 3.63) is 41.5 Å². The second kappa shape index (κ2) is 14.1. The monoisotopic (exact) mass is 618 g/mol. The number of allylic oxidation sites excluding steroid dienone is 2. The minimum Gasteiger partial charge on any atom is -0.497 e. The van der Waals surface area contributed by atoms with E-state index in [9.17, 15) is 31.3 Å². The lowest BCUT2D eigenvalue weighted by atomic mass is 9.52. The summed E-state index contributed by atoms with van der Waals surface area (Å²) in [6.45, 7) is 2.31. The van der Waals surface area contributed by atoms with E-state index in [-0.39, 0.29) is 17.3 Å². The molecular weight excluding hydrogens is 571 g/mol. The Labute approximate surface area is 250 Å². The van der Waals surface area contributed by atoms with E-state index < -0.39 is 35.7 Å². The molecule has 0 spiro atoms. The number of aliphatic hydroxyl groups is 1. The minimum atomic E-state index is -5.54. The van der Waals surface area contributed by atoms with Crippen molar-refractivity contribution in [3.8, 4) is 5.75 Å². The van der Waals surface area contributed by atoms with Gasteiger partial charge in [0.25, 0.3) is 0 Å². The predicted molar refractivity (Wildman–Crippen MR) is 157 cm³/mol. The number of hydrogen-bond donors (Lipinski definition) is 1. The number of benzene rings is 1. The highest BCUT2D eigenvalue weighted by Gasteiger charge is 2.57. The molecule has 3 nitrogen and oxygen atoms in total. The molecule has 0 heterocycles. The second-order valence-corrected chi connectivity index (χ2v) is 14.7. The second-order valence-electron chi connectivity index (χ2n) is 13.0. The molecule has 1 aromatic carbocycles. The molecule has 5 unspecified atom stereocenters. The normalized spacial score (nSPS) is 30.1. The van der Waals surface area contributed by atoms with Crippen LogP contribution in [0.1, 0.15) is 101 Å². The van der Waals surface area contributed by atoms with Gasteiger partial charge in [0, 0.05) is 28.7 Å². The topological polar surface area (TPSA) is 46.5 Å². The Kier molecular flexibility index (Phi) is 11.2. The van der Waals surface area contributed by atoms with Gasteiger partial charge in [0.05, 0.1) is 13.2 Å². The van der Waals surface area contributed by atoms with Crippen LogP contribution in [0.5, 0.6) is 5.75 Å². The number of alkyl halides is 5. The number of rotatable bonds is 14. The summed E-state index contributed by atoms with van der Waals surface area (Å²) in [5, 5.41) is 10.9. The molecule has 2 fully saturated rings. The van der Waals surface area contributed by atoms with Crippen molar-refractivity contribution in [2.45, 2.75) is 115 Å². The van der Waals surface area contributed by atoms with Gasteiger partial charge in [-0.1, -0.05) is 38.0 Å². The van der Waals surface area contributed by atoms with Crippen molar-refractivity contribution in [1.29, 1.82) is 0 Å². The molecule has 9 heteroatoms. The fourth-order valence-electron chi connectivity index (χ4n) is 8.06. The molecule has 7 atom stereocenters. The summed E-state index contributed by atoms with van der Waals surface area (Å²) in [6.07, 6.45) is 7.90. The van der Waals surface area contributed by atoms with Gasteiger partial charge < -0.3 is 9.84 Å². The number of halogens is 5. The first-order chi connectivity index (χ1) is 19.9. The zero-order valence-electron chi connectivity index (χ0n) is 24.9. The van der Waals surface area contributed by atoms with Crippen LogP contribution in [-0.4, -0.2) is 46.1 Å². The van der Waals surface area contributed by atoms with Crippen molar-refractivity contribution < 1.29 is 36.0 Å². The van der Waals surface area contributed by atoms with E-state index in [4.69, 9.17) is 4.74 Å². The van der Waals surface area contributed by atoms with E-state index in [1.54, 1.807) is 7.11 Å². The van der Waals surface area contributed by atoms with Crippen LogP contribution in [0.4, 0.5) is 22.0 Å². The van der Waals surface area contributed by atoms with Gasteiger partial charge in [-0.25, -0.2) is 0 Å². The Morgan fingerprint density at radius 2 is 1.76 bits per heavy atom. The van der Waals surface area contributed by atoms with Gasteiger partial charge in [0.2, 0.25) is 0 Å². The molecule has 1 aromatic rings. The van der Waals surface area contributed by atoms with Crippen LogP contribution < -0.4 is 4.74 Å². The van der Waals surface area contributed by atoms with Crippen molar-refractivity contribution in [3.63, 3.8) is 0 Å². The van der Waals surface area contributed by atoms with E-state index in [1.165, 1.54) is 11.1 Å². The number of methoxy groups -OCH3 is 1. The molecule has 42 heavy (non-hydrogen) atoms. The highest BCUT2D eigenvalue weighted by molar-refractivity contribution is 7.84. The van der Waals surface area contributed by atoms with Gasteiger partial charge in [0.15, 0.2) is 0 Å². The van der Waals surface area contributed by atoms with E-state index >= 15 is 0 Å². The van der Waals surface area contributed by atoms with E-state index in [0.29, 0.717) is 35.8 Å². The standard InChI is InChI=1S/C33H47F5O3S/c1-31-18-16-27-26-13-12-25(41-2)22-24(26)21-23(30(27)28(31)14-15-29(31)39)11-8-6-4-3-5-7-9-19-42(40)20-10-17-32(34,35)33(36,37)38/h6,8,12-13,22-23,27-30,39H,3-5,7,9-11,14-21H2,1-2H3/b8-6+/t23-,27?,28?,29?,30?,31+,42?/m1/s1. The molecule has 0 saturated heterocycles. The zero-order valence-corrected chi connectivity index (χ0v) is 25.8. The highest BCUT2D eigenvalue weighted by Crippen LogP contribution is 2.62. The SMILES string of the molecule is COc1ccc2c(c1)C[C@@H](C/C=C/CCCCCCS(=O)CCCC(F)(F)C(F)(F)F)C1C2CC[C@]2(C)C(O)CCC12. The lowest BCUT2D eigenvalue weighted by Gasteiger charge is -2.53. The summed E-state index contributed by atoms with van der Waals surface area (Å²) >= 11 is 0. The van der Waals surface area contributed by atoms with E-state index in [1.807, 2.05) is 0 Å². The summed E-state index contributed by atoms with van der Waals surface area (Å²) < 4.78 is 80.1. The van der Waals surface area contributed by atoms with Crippen molar-refractivity contribution in [1.82, 2.24) is 0 Å². The summed E-state index contributed by atoms with van der Waals surface area (Å²) in [4.78, 5) is 0. The van der Waals surface area contributed by atoms with Gasteiger partial charge >= 0.3 is 12.1 Å². The number of aliphatic hydroxyl groups excluding tert-OH is 1. The van der Waals surface area contributed by atoms with Gasteiger partial charge in [-0.2, -0.15) is 22.0 Å². The molecule has 0 aliphatic heterocycles. The number of unbranched alkanes of at least 4 members (excludes halogenated alkanes) is 4. The Hall–Kier alpha value is -1.48. The van der Waals surface area contributed by atoms with Crippen LogP contribution in [-0.2, 0) is 17.2 Å². The van der Waals surface area contributed by atoms with Gasteiger partial charge in [-0.05, 0) is 117 Å². The maximum absolute atomic E-state index is 13.0. The fourth-order valence-corrected chi connectivity index (χ4v) is 9.26. The number of ether oxygens (including phenoxy) is 1. The summed E-state index contributed by atoms with van der Waals surface area (Å²) in [5.74, 6) is -1.38. The Bertz CT molecular complexity index is 1090. The molecule has 0 amide bonds. The molecule has 3 aliphatic carbocycles. The summed E-state index contributed by atoms with van der Waals surface area (Å²) in [5.41, 5.74) is 2.90. The average Bonchev–Trinajstić information content (AvgIpc) is 3.24. The van der Waals surface area contributed by atoms with Crippen LogP contribution >= 0.6 is 0 Å². The Morgan fingerprint density at radius 1 is 1.02 bits per heavy atom. The summed E-state index contributed by atoms with van der Waals surface area (Å²) in [6, 6.07) is 6.57. The molecule has 2 saturated carbocycles. The Morgan fingerprint density at radius 3 is 2.50 bits per heavy atom. The maximum atomic E-state index is 13.0. The molecule has 1 N–H and O–H groups in total.